The monoisotopic (exact) mass is 360 g/mol. The Balaban J connectivity index is 2.11. The molecule has 0 spiro atoms. The zero-order valence-corrected chi connectivity index (χ0v) is 16.0. The molecule has 2 aromatic carbocycles. The second-order valence-corrected chi connectivity index (χ2v) is 8.18. The Kier molecular flexibility index (Phi) is 5.65. The van der Waals surface area contributed by atoms with Gasteiger partial charge in [0.15, 0.2) is 0 Å². The molecule has 134 valence electrons. The Morgan fingerprint density at radius 1 is 0.840 bits per heavy atom. The van der Waals surface area contributed by atoms with Crippen LogP contribution in [0.1, 0.15) is 27.8 Å². The summed E-state index contributed by atoms with van der Waals surface area (Å²) < 4.78 is 27.5. The maximum atomic E-state index is 12.6. The molecule has 0 saturated carbocycles. The number of hydrogen-bond donors (Lipinski definition) is 2. The predicted octanol–water partition coefficient (Wildman–Crippen LogP) is 3.15. The molecule has 2 N–H and O–H groups in total. The molecule has 0 saturated heterocycles. The van der Waals surface area contributed by atoms with E-state index in [2.05, 4.69) is 10.0 Å². The number of nitrogens with one attached hydrogen (secondary N) is 2. The highest BCUT2D eigenvalue weighted by Crippen LogP contribution is 2.21. The Morgan fingerprint density at radius 2 is 1.32 bits per heavy atom. The molecule has 25 heavy (non-hydrogen) atoms. The van der Waals surface area contributed by atoms with E-state index >= 15 is 0 Å². The molecule has 0 bridgehead atoms. The number of aryl methyl sites for hydroxylation is 5. The van der Waals surface area contributed by atoms with Gasteiger partial charge in [-0.15, -0.1) is 0 Å². The van der Waals surface area contributed by atoms with Crippen molar-refractivity contribution in [1.29, 1.82) is 0 Å². The molecule has 2 rings (SSSR count). The van der Waals surface area contributed by atoms with Crippen LogP contribution < -0.4 is 10.0 Å². The summed E-state index contributed by atoms with van der Waals surface area (Å²) in [5, 5.41) is 2.72. The molecule has 0 aliphatic rings. The summed E-state index contributed by atoms with van der Waals surface area (Å²) in [4.78, 5) is 12.3. The number of hydrogen-bond acceptors (Lipinski definition) is 3. The highest BCUT2D eigenvalue weighted by atomic mass is 32.2. The summed E-state index contributed by atoms with van der Waals surface area (Å²) in [6.45, 7) is 8.99. The summed E-state index contributed by atoms with van der Waals surface area (Å²) in [6, 6.07) is 9.32. The third-order valence-corrected chi connectivity index (χ3v) is 5.51. The van der Waals surface area contributed by atoms with Gasteiger partial charge in [-0.1, -0.05) is 23.8 Å². The smallest absolute Gasteiger partial charge is 0.241 e. The fourth-order valence-electron chi connectivity index (χ4n) is 3.08. The lowest BCUT2D eigenvalue weighted by molar-refractivity contribution is -0.115. The molecular formula is C19H24N2O3S. The van der Waals surface area contributed by atoms with Crippen molar-refractivity contribution in [2.75, 3.05) is 11.9 Å². The van der Waals surface area contributed by atoms with Crippen LogP contribution in [0.3, 0.4) is 0 Å². The van der Waals surface area contributed by atoms with Crippen molar-refractivity contribution in [3.63, 3.8) is 0 Å². The number of carbonyl (C=O) groups is 1. The summed E-state index contributed by atoms with van der Waals surface area (Å²) in [7, 11) is -3.75. The maximum Gasteiger partial charge on any atom is 0.241 e. The van der Waals surface area contributed by atoms with Crippen LogP contribution in [0.5, 0.6) is 0 Å². The molecule has 0 fully saturated rings. The second kappa shape index (κ2) is 7.37. The van der Waals surface area contributed by atoms with E-state index in [9.17, 15) is 13.2 Å². The average Bonchev–Trinajstić information content (AvgIpc) is 2.42. The van der Waals surface area contributed by atoms with Crippen molar-refractivity contribution < 1.29 is 13.2 Å². The highest BCUT2D eigenvalue weighted by Gasteiger charge is 2.20. The largest absolute Gasteiger partial charge is 0.325 e. The summed E-state index contributed by atoms with van der Waals surface area (Å²) in [5.74, 6) is -0.406. The van der Waals surface area contributed by atoms with Crippen LogP contribution in [0.2, 0.25) is 0 Å². The lowest BCUT2D eigenvalue weighted by Crippen LogP contribution is -2.33. The third kappa shape index (κ3) is 4.90. The van der Waals surface area contributed by atoms with Crippen molar-refractivity contribution in [3.05, 3.63) is 58.1 Å². The molecule has 2 aromatic rings. The summed E-state index contributed by atoms with van der Waals surface area (Å²) in [5.41, 5.74) is 5.05. The first-order valence-corrected chi connectivity index (χ1v) is 9.52. The fourth-order valence-corrected chi connectivity index (χ4v) is 4.51. The van der Waals surface area contributed by atoms with Gasteiger partial charge in [-0.25, -0.2) is 13.1 Å². The van der Waals surface area contributed by atoms with E-state index < -0.39 is 15.9 Å². The molecule has 0 aromatic heterocycles. The zero-order valence-electron chi connectivity index (χ0n) is 15.2. The van der Waals surface area contributed by atoms with Gasteiger partial charge in [-0.05, 0) is 69.0 Å². The summed E-state index contributed by atoms with van der Waals surface area (Å²) >= 11 is 0. The first-order chi connectivity index (χ1) is 11.6. The Hall–Kier alpha value is -2.18. The highest BCUT2D eigenvalue weighted by molar-refractivity contribution is 7.89. The molecule has 0 radical (unpaired) electrons. The van der Waals surface area contributed by atoms with E-state index in [4.69, 9.17) is 0 Å². The minimum absolute atomic E-state index is 0.234. The normalized spacial score (nSPS) is 11.4. The number of benzene rings is 2. The van der Waals surface area contributed by atoms with Crippen LogP contribution in [-0.4, -0.2) is 20.9 Å². The minimum Gasteiger partial charge on any atom is -0.325 e. The Bertz CT molecular complexity index is 875. The van der Waals surface area contributed by atoms with Crippen LogP contribution in [0.4, 0.5) is 5.69 Å². The van der Waals surface area contributed by atoms with Crippen LogP contribution >= 0.6 is 0 Å². The van der Waals surface area contributed by atoms with Gasteiger partial charge >= 0.3 is 0 Å². The zero-order chi connectivity index (χ0) is 18.8. The molecular weight excluding hydrogens is 336 g/mol. The average molecular weight is 360 g/mol. The lowest BCUT2D eigenvalue weighted by Gasteiger charge is -2.13. The van der Waals surface area contributed by atoms with Gasteiger partial charge in [0.05, 0.1) is 11.4 Å². The molecule has 5 nitrogen and oxygen atoms in total. The number of amides is 1. The van der Waals surface area contributed by atoms with Gasteiger partial charge < -0.3 is 5.32 Å². The number of carbonyl (C=O) groups excluding carboxylic acids is 1. The van der Waals surface area contributed by atoms with Crippen molar-refractivity contribution in [1.82, 2.24) is 4.72 Å². The number of anilines is 1. The van der Waals surface area contributed by atoms with Gasteiger partial charge in [0, 0.05) is 5.69 Å². The molecule has 1 amide bonds. The van der Waals surface area contributed by atoms with Gasteiger partial charge in [0.2, 0.25) is 15.9 Å². The van der Waals surface area contributed by atoms with Crippen LogP contribution in [-0.2, 0) is 14.8 Å². The maximum absolute atomic E-state index is 12.6. The second-order valence-electron chi connectivity index (χ2n) is 6.48. The van der Waals surface area contributed by atoms with E-state index in [-0.39, 0.29) is 11.4 Å². The van der Waals surface area contributed by atoms with E-state index in [1.54, 1.807) is 13.8 Å². The van der Waals surface area contributed by atoms with Gasteiger partial charge in [0.25, 0.3) is 0 Å². The van der Waals surface area contributed by atoms with Gasteiger partial charge in [0.1, 0.15) is 0 Å². The van der Waals surface area contributed by atoms with Gasteiger partial charge in [-0.3, -0.25) is 4.79 Å². The molecule has 0 aliphatic carbocycles. The summed E-state index contributed by atoms with van der Waals surface area (Å²) in [6.07, 6.45) is 0. The van der Waals surface area contributed by atoms with Crippen LogP contribution in [0.15, 0.2) is 35.2 Å². The topological polar surface area (TPSA) is 75.3 Å². The number of sulfonamides is 1. The molecule has 0 aliphatic heterocycles. The lowest BCUT2D eigenvalue weighted by atomic mass is 10.1. The first-order valence-electron chi connectivity index (χ1n) is 8.04. The van der Waals surface area contributed by atoms with E-state index in [1.807, 2.05) is 51.1 Å². The van der Waals surface area contributed by atoms with Crippen molar-refractivity contribution >= 4 is 21.6 Å². The fraction of sp³-hybridized carbons (Fsp3) is 0.316. The van der Waals surface area contributed by atoms with E-state index in [0.29, 0.717) is 16.8 Å². The quantitative estimate of drug-likeness (QED) is 0.860. The van der Waals surface area contributed by atoms with Crippen molar-refractivity contribution in [2.45, 2.75) is 39.5 Å². The van der Waals surface area contributed by atoms with Crippen LogP contribution in [0, 0.1) is 34.6 Å². The predicted molar refractivity (Wildman–Crippen MR) is 100 cm³/mol. The number of rotatable bonds is 5. The van der Waals surface area contributed by atoms with Gasteiger partial charge in [-0.2, -0.15) is 0 Å². The molecule has 0 heterocycles. The van der Waals surface area contributed by atoms with Crippen LogP contribution in [0.25, 0.3) is 0 Å². The van der Waals surface area contributed by atoms with E-state index in [1.165, 1.54) is 0 Å². The standard InChI is InChI=1S/C19H24N2O3S/c1-12-6-13(2)10-17(9-12)21-18(22)11-20-25(23,24)19-15(4)7-14(3)8-16(19)5/h6-10,20H,11H2,1-5H3,(H,21,22). The third-order valence-electron chi connectivity index (χ3n) is 3.80. The van der Waals surface area contributed by atoms with Crippen molar-refractivity contribution in [3.8, 4) is 0 Å². The molecule has 0 atom stereocenters. The molecule has 0 unspecified atom stereocenters. The van der Waals surface area contributed by atoms with E-state index in [0.717, 1.165) is 16.7 Å². The molecule has 6 heteroatoms. The Morgan fingerprint density at radius 3 is 1.84 bits per heavy atom. The Labute approximate surface area is 149 Å². The van der Waals surface area contributed by atoms with Crippen molar-refractivity contribution in [2.24, 2.45) is 0 Å². The SMILES string of the molecule is Cc1cc(C)cc(NC(=O)CNS(=O)(=O)c2c(C)cc(C)cc2C)c1. The first kappa shape index (κ1) is 19.1. The minimum atomic E-state index is -3.75.